The van der Waals surface area contributed by atoms with Crippen molar-refractivity contribution in [1.82, 2.24) is 4.98 Å². The van der Waals surface area contributed by atoms with Crippen molar-refractivity contribution < 1.29 is 4.79 Å². The average Bonchev–Trinajstić information content (AvgIpc) is 3.21. The number of anilines is 1. The van der Waals surface area contributed by atoms with Crippen LogP contribution in [0.5, 0.6) is 0 Å². The maximum atomic E-state index is 13.7. The van der Waals surface area contributed by atoms with Crippen LogP contribution in [0, 0.1) is 13.8 Å². The minimum atomic E-state index is -0.0389. The van der Waals surface area contributed by atoms with Crippen LogP contribution in [0.25, 0.3) is 21.0 Å². The van der Waals surface area contributed by atoms with Gasteiger partial charge in [0.2, 0.25) is 0 Å². The number of hydrogen-bond donors (Lipinski definition) is 0. The third-order valence-electron chi connectivity index (χ3n) is 5.47. The van der Waals surface area contributed by atoms with Gasteiger partial charge in [0.25, 0.3) is 5.91 Å². The Bertz CT molecular complexity index is 1410. The summed E-state index contributed by atoms with van der Waals surface area (Å²) in [4.78, 5) is 20.4. The van der Waals surface area contributed by atoms with E-state index < -0.39 is 0 Å². The van der Waals surface area contributed by atoms with Crippen LogP contribution >= 0.6 is 11.3 Å². The first kappa shape index (κ1) is 19.5. The van der Waals surface area contributed by atoms with E-state index in [1.165, 1.54) is 5.56 Å². The molecular formula is C27H22N2OS. The Morgan fingerprint density at radius 1 is 0.871 bits per heavy atom. The zero-order valence-electron chi connectivity index (χ0n) is 17.5. The van der Waals surface area contributed by atoms with Crippen molar-refractivity contribution in [1.29, 1.82) is 0 Å². The van der Waals surface area contributed by atoms with Crippen LogP contribution in [-0.4, -0.2) is 10.9 Å². The van der Waals surface area contributed by atoms with Gasteiger partial charge in [-0.2, -0.15) is 0 Å². The lowest BCUT2D eigenvalue weighted by atomic mass is 10.1. The van der Waals surface area contributed by atoms with Crippen molar-refractivity contribution in [3.05, 3.63) is 107 Å². The third kappa shape index (κ3) is 3.82. The Morgan fingerprint density at radius 3 is 2.42 bits per heavy atom. The Kier molecular flexibility index (Phi) is 5.00. The van der Waals surface area contributed by atoms with Crippen LogP contribution in [0.4, 0.5) is 5.13 Å². The summed E-state index contributed by atoms with van der Waals surface area (Å²) in [5.41, 5.74) is 5.05. The van der Waals surface area contributed by atoms with Crippen molar-refractivity contribution in [3.63, 3.8) is 0 Å². The molecule has 3 nitrogen and oxygen atoms in total. The fraction of sp³-hybridized carbons (Fsp3) is 0.111. The summed E-state index contributed by atoms with van der Waals surface area (Å²) in [5, 5.41) is 2.91. The molecule has 0 radical (unpaired) electrons. The second kappa shape index (κ2) is 7.97. The molecule has 0 spiro atoms. The van der Waals surface area contributed by atoms with E-state index in [2.05, 4.69) is 32.0 Å². The number of benzene rings is 4. The molecule has 1 aromatic heterocycles. The second-order valence-electron chi connectivity index (χ2n) is 7.86. The minimum Gasteiger partial charge on any atom is -0.279 e. The molecule has 0 unspecified atom stereocenters. The minimum absolute atomic E-state index is 0.0389. The summed E-state index contributed by atoms with van der Waals surface area (Å²) in [7, 11) is 0. The van der Waals surface area contributed by atoms with E-state index >= 15 is 0 Å². The zero-order chi connectivity index (χ0) is 21.4. The van der Waals surface area contributed by atoms with Crippen molar-refractivity contribution in [2.24, 2.45) is 0 Å². The van der Waals surface area contributed by atoms with Crippen molar-refractivity contribution >= 4 is 43.4 Å². The molecule has 4 aromatic carbocycles. The number of fused-ring (bicyclic) bond motifs is 2. The highest BCUT2D eigenvalue weighted by molar-refractivity contribution is 7.22. The van der Waals surface area contributed by atoms with Gasteiger partial charge in [-0.15, -0.1) is 0 Å². The number of aryl methyl sites for hydroxylation is 2. The molecule has 0 atom stereocenters. The van der Waals surface area contributed by atoms with Gasteiger partial charge in [-0.3, -0.25) is 9.69 Å². The molecule has 5 rings (SSSR count). The number of thiazole rings is 1. The van der Waals surface area contributed by atoms with Gasteiger partial charge >= 0.3 is 0 Å². The van der Waals surface area contributed by atoms with Crippen LogP contribution < -0.4 is 4.90 Å². The van der Waals surface area contributed by atoms with Crippen LogP contribution in [0.1, 0.15) is 27.0 Å². The Morgan fingerprint density at radius 2 is 1.61 bits per heavy atom. The lowest BCUT2D eigenvalue weighted by Crippen LogP contribution is -2.30. The molecular weight excluding hydrogens is 400 g/mol. The van der Waals surface area contributed by atoms with E-state index in [1.807, 2.05) is 66.7 Å². The molecule has 0 aliphatic rings. The van der Waals surface area contributed by atoms with E-state index in [1.54, 1.807) is 16.2 Å². The summed E-state index contributed by atoms with van der Waals surface area (Å²) in [6.45, 7) is 4.64. The smallest absolute Gasteiger partial charge is 0.260 e. The quantitative estimate of drug-likeness (QED) is 0.315. The first-order valence-corrected chi connectivity index (χ1v) is 11.1. The molecule has 152 valence electrons. The van der Waals surface area contributed by atoms with E-state index in [4.69, 9.17) is 4.98 Å². The standard InChI is InChI=1S/C27H22N2OS/c1-18-14-19(2)25-24(15-18)31-27(28-25)29(17-20-8-4-3-5-9-20)26(30)23-13-12-21-10-6-7-11-22(21)16-23/h3-16H,17H2,1-2H3. The fourth-order valence-electron chi connectivity index (χ4n) is 3.94. The highest BCUT2D eigenvalue weighted by Crippen LogP contribution is 2.33. The van der Waals surface area contributed by atoms with Crippen LogP contribution in [0.15, 0.2) is 84.9 Å². The van der Waals surface area contributed by atoms with Gasteiger partial charge in [0.1, 0.15) is 0 Å². The molecule has 0 aliphatic carbocycles. The van der Waals surface area contributed by atoms with Gasteiger partial charge in [-0.25, -0.2) is 4.98 Å². The number of rotatable bonds is 4. The van der Waals surface area contributed by atoms with Gasteiger partial charge in [0, 0.05) is 5.56 Å². The number of amides is 1. The fourth-order valence-corrected chi connectivity index (χ4v) is 5.08. The molecule has 0 aliphatic heterocycles. The number of hydrogen-bond acceptors (Lipinski definition) is 3. The number of aromatic nitrogens is 1. The lowest BCUT2D eigenvalue weighted by molar-refractivity contribution is 0.0985. The van der Waals surface area contributed by atoms with Gasteiger partial charge in [0.15, 0.2) is 5.13 Å². The normalized spacial score (nSPS) is 11.2. The van der Waals surface area contributed by atoms with Crippen molar-refractivity contribution in [2.45, 2.75) is 20.4 Å². The number of carbonyl (C=O) groups is 1. The summed E-state index contributed by atoms with van der Waals surface area (Å²) < 4.78 is 1.11. The maximum Gasteiger partial charge on any atom is 0.260 e. The van der Waals surface area contributed by atoms with Gasteiger partial charge in [-0.1, -0.05) is 78.1 Å². The highest BCUT2D eigenvalue weighted by atomic mass is 32.1. The molecule has 0 saturated heterocycles. The van der Waals surface area contributed by atoms with Crippen LogP contribution in [0.2, 0.25) is 0 Å². The van der Waals surface area contributed by atoms with Crippen molar-refractivity contribution in [2.75, 3.05) is 4.90 Å². The molecule has 1 amide bonds. The number of nitrogens with zero attached hydrogens (tertiary/aromatic N) is 2. The third-order valence-corrected chi connectivity index (χ3v) is 6.50. The lowest BCUT2D eigenvalue weighted by Gasteiger charge is -2.20. The predicted octanol–water partition coefficient (Wildman–Crippen LogP) is 6.91. The van der Waals surface area contributed by atoms with Crippen molar-refractivity contribution in [3.8, 4) is 0 Å². The maximum absolute atomic E-state index is 13.7. The van der Waals surface area contributed by atoms with E-state index in [0.717, 1.165) is 37.2 Å². The van der Waals surface area contributed by atoms with E-state index in [9.17, 15) is 4.79 Å². The van der Waals surface area contributed by atoms with E-state index in [0.29, 0.717) is 12.1 Å². The molecule has 0 saturated carbocycles. The van der Waals surface area contributed by atoms with Crippen LogP contribution in [-0.2, 0) is 6.54 Å². The van der Waals surface area contributed by atoms with Crippen LogP contribution in [0.3, 0.4) is 0 Å². The van der Waals surface area contributed by atoms with E-state index in [-0.39, 0.29) is 5.91 Å². The first-order chi connectivity index (χ1) is 15.1. The van der Waals surface area contributed by atoms with Gasteiger partial charge in [0.05, 0.1) is 16.8 Å². The molecule has 31 heavy (non-hydrogen) atoms. The largest absolute Gasteiger partial charge is 0.279 e. The summed E-state index contributed by atoms with van der Waals surface area (Å²) in [5.74, 6) is -0.0389. The number of carbonyl (C=O) groups excluding carboxylic acids is 1. The highest BCUT2D eigenvalue weighted by Gasteiger charge is 2.22. The van der Waals surface area contributed by atoms with Gasteiger partial charge in [-0.05, 0) is 59.5 Å². The summed E-state index contributed by atoms with van der Waals surface area (Å²) in [6.07, 6.45) is 0. The Labute approximate surface area is 185 Å². The molecule has 1 heterocycles. The molecule has 0 bridgehead atoms. The monoisotopic (exact) mass is 422 g/mol. The molecule has 5 aromatic rings. The first-order valence-electron chi connectivity index (χ1n) is 10.3. The zero-order valence-corrected chi connectivity index (χ0v) is 18.3. The Hall–Kier alpha value is -3.50. The summed E-state index contributed by atoms with van der Waals surface area (Å²) >= 11 is 1.57. The SMILES string of the molecule is Cc1cc(C)c2nc(N(Cc3ccccc3)C(=O)c3ccc4ccccc4c3)sc2c1. The molecule has 0 N–H and O–H groups in total. The molecule has 4 heteroatoms. The predicted molar refractivity (Wildman–Crippen MR) is 130 cm³/mol. The van der Waals surface area contributed by atoms with Gasteiger partial charge < -0.3 is 0 Å². The topological polar surface area (TPSA) is 33.2 Å². The summed E-state index contributed by atoms with van der Waals surface area (Å²) in [6, 6.07) is 28.4. The Balaban J connectivity index is 1.61. The molecule has 0 fully saturated rings. The second-order valence-corrected chi connectivity index (χ2v) is 8.87. The average molecular weight is 423 g/mol.